The summed E-state index contributed by atoms with van der Waals surface area (Å²) in [5.41, 5.74) is 2.90. The Bertz CT molecular complexity index is 806. The van der Waals surface area contributed by atoms with Crippen molar-refractivity contribution in [3.63, 3.8) is 0 Å². The van der Waals surface area contributed by atoms with Crippen molar-refractivity contribution in [2.45, 2.75) is 19.4 Å². The molecule has 1 heterocycles. The molecular formula is C18H18N2O2. The van der Waals surface area contributed by atoms with Crippen LogP contribution in [0.1, 0.15) is 17.5 Å². The average molecular weight is 294 g/mol. The van der Waals surface area contributed by atoms with Crippen molar-refractivity contribution < 1.29 is 10.3 Å². The Balaban J connectivity index is 1.67. The minimum Gasteiger partial charge on any atom is -0.507 e. The molecule has 0 amide bonds. The van der Waals surface area contributed by atoms with E-state index < -0.39 is 0 Å². The van der Waals surface area contributed by atoms with Gasteiger partial charge in [-0.05, 0) is 48.1 Å². The van der Waals surface area contributed by atoms with Crippen LogP contribution in [0.25, 0.3) is 10.9 Å². The van der Waals surface area contributed by atoms with Crippen LogP contribution in [0.5, 0.6) is 5.75 Å². The molecule has 0 aliphatic carbocycles. The van der Waals surface area contributed by atoms with E-state index in [0.717, 1.165) is 24.9 Å². The van der Waals surface area contributed by atoms with Crippen LogP contribution in [0.15, 0.2) is 59.9 Å². The van der Waals surface area contributed by atoms with E-state index in [-0.39, 0.29) is 5.75 Å². The number of rotatable bonds is 5. The SMILES string of the molecule is O/N=C/c1cc(CCCn2ccc3ccccc32)ccc1O. The third kappa shape index (κ3) is 2.96. The van der Waals surface area contributed by atoms with Gasteiger partial charge in [0.1, 0.15) is 5.75 Å². The van der Waals surface area contributed by atoms with Gasteiger partial charge >= 0.3 is 0 Å². The molecule has 2 aromatic carbocycles. The molecule has 0 bridgehead atoms. The Morgan fingerprint density at radius 3 is 2.82 bits per heavy atom. The van der Waals surface area contributed by atoms with Crippen molar-refractivity contribution in [2.75, 3.05) is 0 Å². The number of hydrogen-bond donors (Lipinski definition) is 2. The maximum absolute atomic E-state index is 9.65. The zero-order chi connectivity index (χ0) is 15.4. The highest BCUT2D eigenvalue weighted by Gasteiger charge is 2.03. The van der Waals surface area contributed by atoms with Crippen LogP contribution in [0.2, 0.25) is 0 Å². The van der Waals surface area contributed by atoms with Gasteiger partial charge in [-0.3, -0.25) is 0 Å². The zero-order valence-electron chi connectivity index (χ0n) is 12.2. The maximum atomic E-state index is 9.65. The standard InChI is InChI=1S/C18H18N2O2/c21-18-8-7-14(12-16(18)13-19-22)4-3-10-20-11-9-15-5-1-2-6-17(15)20/h1-2,5-9,11-13,21-22H,3-4,10H2/b19-13+. The topological polar surface area (TPSA) is 57.8 Å². The van der Waals surface area contributed by atoms with Gasteiger partial charge in [0.2, 0.25) is 0 Å². The molecule has 22 heavy (non-hydrogen) atoms. The Kier molecular flexibility index (Phi) is 4.10. The summed E-state index contributed by atoms with van der Waals surface area (Å²) in [6.45, 7) is 0.942. The molecule has 0 saturated heterocycles. The first-order valence-corrected chi connectivity index (χ1v) is 7.31. The van der Waals surface area contributed by atoms with E-state index in [1.54, 1.807) is 6.07 Å². The molecule has 0 saturated carbocycles. The van der Waals surface area contributed by atoms with E-state index in [0.29, 0.717) is 5.56 Å². The third-order valence-corrected chi connectivity index (χ3v) is 3.83. The molecule has 112 valence electrons. The van der Waals surface area contributed by atoms with Crippen molar-refractivity contribution in [2.24, 2.45) is 5.16 Å². The van der Waals surface area contributed by atoms with Gasteiger partial charge in [0, 0.05) is 23.8 Å². The van der Waals surface area contributed by atoms with Gasteiger partial charge in [0.25, 0.3) is 0 Å². The van der Waals surface area contributed by atoms with Crippen LogP contribution >= 0.6 is 0 Å². The van der Waals surface area contributed by atoms with Gasteiger partial charge in [-0.25, -0.2) is 0 Å². The zero-order valence-corrected chi connectivity index (χ0v) is 12.2. The largest absolute Gasteiger partial charge is 0.507 e. The summed E-state index contributed by atoms with van der Waals surface area (Å²) in [5.74, 6) is 0.123. The fraction of sp³-hybridized carbons (Fsp3) is 0.167. The van der Waals surface area contributed by atoms with E-state index in [1.807, 2.05) is 18.2 Å². The second kappa shape index (κ2) is 6.35. The summed E-state index contributed by atoms with van der Waals surface area (Å²) >= 11 is 0. The normalized spacial score (nSPS) is 11.5. The fourth-order valence-electron chi connectivity index (χ4n) is 2.71. The molecule has 0 aliphatic rings. The smallest absolute Gasteiger partial charge is 0.124 e. The lowest BCUT2D eigenvalue weighted by Crippen LogP contribution is -1.98. The highest BCUT2D eigenvalue weighted by atomic mass is 16.4. The number of hydrogen-bond acceptors (Lipinski definition) is 3. The molecule has 3 aromatic rings. The first kappa shape index (κ1) is 14.2. The Morgan fingerprint density at radius 2 is 1.95 bits per heavy atom. The summed E-state index contributed by atoms with van der Waals surface area (Å²) in [7, 11) is 0. The van der Waals surface area contributed by atoms with E-state index in [2.05, 4.69) is 40.2 Å². The van der Waals surface area contributed by atoms with Crippen molar-refractivity contribution in [1.29, 1.82) is 0 Å². The average Bonchev–Trinajstić information content (AvgIpc) is 2.94. The molecule has 0 fully saturated rings. The monoisotopic (exact) mass is 294 g/mol. The molecule has 1 aromatic heterocycles. The highest BCUT2D eigenvalue weighted by Crippen LogP contribution is 2.19. The Morgan fingerprint density at radius 1 is 1.09 bits per heavy atom. The number of benzene rings is 2. The second-order valence-electron chi connectivity index (χ2n) is 5.31. The fourth-order valence-corrected chi connectivity index (χ4v) is 2.71. The Hall–Kier alpha value is -2.75. The van der Waals surface area contributed by atoms with Crippen LogP contribution in [0.4, 0.5) is 0 Å². The van der Waals surface area contributed by atoms with Gasteiger partial charge in [-0.15, -0.1) is 0 Å². The number of aryl methyl sites for hydroxylation is 2. The predicted molar refractivity (Wildman–Crippen MR) is 87.7 cm³/mol. The summed E-state index contributed by atoms with van der Waals surface area (Å²) in [5, 5.41) is 22.5. The highest BCUT2D eigenvalue weighted by molar-refractivity contribution is 5.83. The summed E-state index contributed by atoms with van der Waals surface area (Å²) < 4.78 is 2.26. The molecule has 0 unspecified atom stereocenters. The van der Waals surface area contributed by atoms with Gasteiger partial charge in [-0.1, -0.05) is 29.4 Å². The number of nitrogens with zero attached hydrogens (tertiary/aromatic N) is 2. The molecule has 4 heteroatoms. The van der Waals surface area contributed by atoms with Gasteiger partial charge in [0.15, 0.2) is 0 Å². The first-order chi connectivity index (χ1) is 10.8. The molecule has 4 nitrogen and oxygen atoms in total. The van der Waals surface area contributed by atoms with Crippen LogP contribution in [-0.4, -0.2) is 21.1 Å². The number of aromatic nitrogens is 1. The van der Waals surface area contributed by atoms with E-state index in [4.69, 9.17) is 5.21 Å². The Labute approximate surface area is 128 Å². The van der Waals surface area contributed by atoms with Crippen LogP contribution in [0, 0.1) is 0 Å². The van der Waals surface area contributed by atoms with Crippen LogP contribution in [-0.2, 0) is 13.0 Å². The van der Waals surface area contributed by atoms with Crippen molar-refractivity contribution in [1.82, 2.24) is 4.57 Å². The van der Waals surface area contributed by atoms with E-state index in [1.165, 1.54) is 17.1 Å². The van der Waals surface area contributed by atoms with E-state index >= 15 is 0 Å². The van der Waals surface area contributed by atoms with Gasteiger partial charge in [-0.2, -0.15) is 0 Å². The molecule has 0 spiro atoms. The van der Waals surface area contributed by atoms with Crippen molar-refractivity contribution >= 4 is 17.1 Å². The number of fused-ring (bicyclic) bond motifs is 1. The van der Waals surface area contributed by atoms with Gasteiger partial charge < -0.3 is 14.9 Å². The summed E-state index contributed by atoms with van der Waals surface area (Å²) in [6.07, 6.45) is 5.27. The lowest BCUT2D eigenvalue weighted by Gasteiger charge is -2.07. The number of aromatic hydroxyl groups is 1. The first-order valence-electron chi connectivity index (χ1n) is 7.31. The molecule has 0 radical (unpaired) electrons. The number of para-hydroxylation sites is 1. The molecule has 0 atom stereocenters. The van der Waals surface area contributed by atoms with Gasteiger partial charge in [0.05, 0.1) is 6.21 Å². The predicted octanol–water partition coefficient (Wildman–Crippen LogP) is 3.79. The van der Waals surface area contributed by atoms with Crippen LogP contribution < -0.4 is 0 Å². The molecule has 0 aliphatic heterocycles. The maximum Gasteiger partial charge on any atom is 0.124 e. The summed E-state index contributed by atoms with van der Waals surface area (Å²) in [4.78, 5) is 0. The van der Waals surface area contributed by atoms with Crippen LogP contribution in [0.3, 0.4) is 0 Å². The minimum absolute atomic E-state index is 0.123. The summed E-state index contributed by atoms with van der Waals surface area (Å²) in [6, 6.07) is 15.9. The van der Waals surface area contributed by atoms with Crippen molar-refractivity contribution in [3.8, 4) is 5.75 Å². The molecular weight excluding hydrogens is 276 g/mol. The second-order valence-corrected chi connectivity index (χ2v) is 5.31. The molecule has 3 rings (SSSR count). The number of phenolic OH excluding ortho intramolecular Hbond substituents is 1. The number of oxime groups is 1. The number of phenols is 1. The third-order valence-electron chi connectivity index (χ3n) is 3.83. The van der Waals surface area contributed by atoms with Crippen molar-refractivity contribution in [3.05, 3.63) is 65.9 Å². The minimum atomic E-state index is 0.123. The molecule has 2 N–H and O–H groups in total. The lowest BCUT2D eigenvalue weighted by molar-refractivity contribution is 0.321. The quantitative estimate of drug-likeness (QED) is 0.427. The lowest BCUT2D eigenvalue weighted by atomic mass is 10.1. The van der Waals surface area contributed by atoms with E-state index in [9.17, 15) is 5.11 Å².